The Labute approximate surface area is 113 Å². The van der Waals surface area contributed by atoms with Crippen LogP contribution in [0.15, 0.2) is 0 Å². The van der Waals surface area contributed by atoms with E-state index >= 15 is 0 Å². The van der Waals surface area contributed by atoms with Gasteiger partial charge in [0.05, 0.1) is 27.7 Å². The summed E-state index contributed by atoms with van der Waals surface area (Å²) in [5.74, 6) is -0.112. The van der Waals surface area contributed by atoms with Crippen molar-refractivity contribution >= 4 is 5.97 Å². The van der Waals surface area contributed by atoms with Gasteiger partial charge in [0, 0.05) is 0 Å². The Kier molecular flexibility index (Phi) is 10.0. The highest BCUT2D eigenvalue weighted by molar-refractivity contribution is 5.70. The van der Waals surface area contributed by atoms with E-state index in [9.17, 15) is 4.79 Å². The maximum absolute atomic E-state index is 11.2. The summed E-state index contributed by atoms with van der Waals surface area (Å²) in [5.41, 5.74) is 0. The summed E-state index contributed by atoms with van der Waals surface area (Å²) >= 11 is 0. The average molecular weight is 258 g/mol. The summed E-state index contributed by atoms with van der Waals surface area (Å²) in [4.78, 5) is 11.2. The number of ether oxygens (including phenoxy) is 1. The van der Waals surface area contributed by atoms with E-state index in [0.717, 1.165) is 11.0 Å². The highest BCUT2D eigenvalue weighted by Crippen LogP contribution is 2.10. The van der Waals surface area contributed by atoms with Crippen molar-refractivity contribution in [2.75, 3.05) is 34.3 Å². The fraction of sp³-hybridized carbons (Fsp3) is 0.933. The zero-order valence-electron chi connectivity index (χ0n) is 12.8. The predicted molar refractivity (Wildman–Crippen MR) is 76.5 cm³/mol. The first kappa shape index (κ1) is 17.4. The second-order valence-electron chi connectivity index (χ2n) is 5.87. The number of hydrogen-bond acceptors (Lipinski definition) is 2. The number of quaternary nitrogens is 1. The smallest absolute Gasteiger partial charge is 0.361 e. The molecule has 0 atom stereocenters. The van der Waals surface area contributed by atoms with Gasteiger partial charge in [0.1, 0.15) is 0 Å². The molecule has 0 aliphatic carbocycles. The van der Waals surface area contributed by atoms with E-state index in [1.165, 1.54) is 58.5 Å². The zero-order valence-corrected chi connectivity index (χ0v) is 12.8. The highest BCUT2D eigenvalue weighted by Gasteiger charge is 2.19. The summed E-state index contributed by atoms with van der Waals surface area (Å²) < 4.78 is 5.45. The van der Waals surface area contributed by atoms with Crippen molar-refractivity contribution in [1.29, 1.82) is 0 Å². The van der Waals surface area contributed by atoms with Crippen LogP contribution in [-0.2, 0) is 9.53 Å². The average Bonchev–Trinajstić information content (AvgIpc) is 2.31. The lowest BCUT2D eigenvalue weighted by Crippen LogP contribution is -2.44. The van der Waals surface area contributed by atoms with E-state index in [4.69, 9.17) is 4.74 Å². The number of carbonyl (C=O) groups is 1. The quantitative estimate of drug-likeness (QED) is 0.323. The molecule has 108 valence electrons. The molecule has 0 aromatic carbocycles. The minimum absolute atomic E-state index is 0.112. The number of esters is 1. The molecule has 0 radical (unpaired) electrons. The highest BCUT2D eigenvalue weighted by atomic mass is 16.5. The lowest BCUT2D eigenvalue weighted by molar-refractivity contribution is -0.883. The van der Waals surface area contributed by atoms with Crippen LogP contribution in [0.5, 0.6) is 0 Å². The Hall–Kier alpha value is -0.570. The molecule has 0 saturated heterocycles. The summed E-state index contributed by atoms with van der Waals surface area (Å²) in [7, 11) is 5.65. The molecule has 0 aliphatic heterocycles. The van der Waals surface area contributed by atoms with Gasteiger partial charge in [0.25, 0.3) is 0 Å². The molecule has 0 saturated carbocycles. The van der Waals surface area contributed by atoms with Gasteiger partial charge in [0.15, 0.2) is 6.54 Å². The van der Waals surface area contributed by atoms with Crippen molar-refractivity contribution in [2.45, 2.75) is 58.3 Å². The maximum Gasteiger partial charge on any atom is 0.361 e. The molecule has 0 spiro atoms. The second kappa shape index (κ2) is 10.4. The largest absolute Gasteiger partial charge is 0.465 e. The summed E-state index contributed by atoms with van der Waals surface area (Å²) in [6.07, 6.45) is 10.7. The Morgan fingerprint density at radius 1 is 0.944 bits per heavy atom. The zero-order chi connectivity index (χ0) is 13.9. The molecule has 3 nitrogen and oxygen atoms in total. The van der Waals surface area contributed by atoms with Gasteiger partial charge in [-0.25, -0.2) is 4.79 Å². The van der Waals surface area contributed by atoms with E-state index < -0.39 is 0 Å². The SMILES string of the molecule is CCCCCCCCCC[N+](C)(C)CC(=O)OC. The number of hydrogen-bond donors (Lipinski definition) is 0. The van der Waals surface area contributed by atoms with E-state index in [1.807, 2.05) is 0 Å². The van der Waals surface area contributed by atoms with Gasteiger partial charge >= 0.3 is 5.97 Å². The first-order valence-corrected chi connectivity index (χ1v) is 7.40. The van der Waals surface area contributed by atoms with Gasteiger partial charge in [-0.2, -0.15) is 0 Å². The molecule has 0 rings (SSSR count). The third-order valence-corrected chi connectivity index (χ3v) is 3.40. The molecule has 0 unspecified atom stereocenters. The number of unbranched alkanes of at least 4 members (excludes halogenated alkanes) is 7. The molecular weight excluding hydrogens is 226 g/mol. The summed E-state index contributed by atoms with van der Waals surface area (Å²) in [5, 5.41) is 0. The van der Waals surface area contributed by atoms with E-state index in [0.29, 0.717) is 6.54 Å². The molecule has 18 heavy (non-hydrogen) atoms. The number of rotatable bonds is 11. The summed E-state index contributed by atoms with van der Waals surface area (Å²) in [6, 6.07) is 0. The fourth-order valence-electron chi connectivity index (χ4n) is 2.17. The second-order valence-corrected chi connectivity index (χ2v) is 5.87. The molecule has 0 fully saturated rings. The van der Waals surface area contributed by atoms with Crippen LogP contribution in [0.25, 0.3) is 0 Å². The lowest BCUT2D eigenvalue weighted by Gasteiger charge is -2.28. The van der Waals surface area contributed by atoms with Gasteiger partial charge in [-0.05, 0) is 12.8 Å². The van der Waals surface area contributed by atoms with Crippen molar-refractivity contribution in [3.63, 3.8) is 0 Å². The fourth-order valence-corrected chi connectivity index (χ4v) is 2.17. The monoisotopic (exact) mass is 258 g/mol. The molecule has 3 heteroatoms. The van der Waals surface area contributed by atoms with Crippen LogP contribution in [0.3, 0.4) is 0 Å². The van der Waals surface area contributed by atoms with Crippen molar-refractivity contribution in [2.24, 2.45) is 0 Å². The van der Waals surface area contributed by atoms with Crippen molar-refractivity contribution < 1.29 is 14.0 Å². The number of carbonyl (C=O) groups excluding carboxylic acids is 1. The number of likely N-dealkylation sites (N-methyl/N-ethyl adjacent to an activating group) is 1. The van der Waals surface area contributed by atoms with Gasteiger partial charge in [-0.3, -0.25) is 0 Å². The summed E-state index contributed by atoms with van der Waals surface area (Å²) in [6.45, 7) is 3.79. The van der Waals surface area contributed by atoms with E-state index in [1.54, 1.807) is 0 Å². The van der Waals surface area contributed by atoms with E-state index in [-0.39, 0.29) is 5.97 Å². The van der Waals surface area contributed by atoms with Crippen LogP contribution in [0.2, 0.25) is 0 Å². The molecule has 0 aliphatic rings. The normalized spacial score (nSPS) is 11.6. The minimum Gasteiger partial charge on any atom is -0.465 e. The Bertz CT molecular complexity index is 215. The third-order valence-electron chi connectivity index (χ3n) is 3.40. The van der Waals surface area contributed by atoms with Crippen LogP contribution in [-0.4, -0.2) is 44.7 Å². The van der Waals surface area contributed by atoms with Gasteiger partial charge in [-0.15, -0.1) is 0 Å². The van der Waals surface area contributed by atoms with Crippen molar-refractivity contribution in [1.82, 2.24) is 0 Å². The molecule has 0 aromatic rings. The molecular formula is C15H32NO2+. The van der Waals surface area contributed by atoms with Crippen LogP contribution < -0.4 is 0 Å². The predicted octanol–water partition coefficient (Wildman–Crippen LogP) is 3.38. The minimum atomic E-state index is -0.112. The van der Waals surface area contributed by atoms with Gasteiger partial charge in [-0.1, -0.05) is 45.4 Å². The number of methoxy groups -OCH3 is 1. The first-order valence-electron chi connectivity index (χ1n) is 7.40. The lowest BCUT2D eigenvalue weighted by atomic mass is 10.1. The topological polar surface area (TPSA) is 26.3 Å². The Morgan fingerprint density at radius 3 is 1.94 bits per heavy atom. The van der Waals surface area contributed by atoms with Gasteiger partial charge < -0.3 is 9.22 Å². The Morgan fingerprint density at radius 2 is 1.44 bits per heavy atom. The first-order chi connectivity index (χ1) is 8.52. The van der Waals surface area contributed by atoms with Gasteiger partial charge in [0.2, 0.25) is 0 Å². The van der Waals surface area contributed by atoms with Crippen LogP contribution in [0.1, 0.15) is 58.3 Å². The van der Waals surface area contributed by atoms with Crippen LogP contribution in [0.4, 0.5) is 0 Å². The molecule has 0 N–H and O–H groups in total. The molecule has 0 heterocycles. The molecule has 0 aromatic heterocycles. The number of nitrogens with zero attached hydrogens (tertiary/aromatic N) is 1. The Balaban J connectivity index is 3.44. The van der Waals surface area contributed by atoms with Crippen LogP contribution in [0, 0.1) is 0 Å². The van der Waals surface area contributed by atoms with Crippen molar-refractivity contribution in [3.05, 3.63) is 0 Å². The maximum atomic E-state index is 11.2. The van der Waals surface area contributed by atoms with Crippen LogP contribution >= 0.6 is 0 Å². The third kappa shape index (κ3) is 10.6. The molecule has 0 bridgehead atoms. The molecule has 0 amide bonds. The van der Waals surface area contributed by atoms with Crippen molar-refractivity contribution in [3.8, 4) is 0 Å². The van der Waals surface area contributed by atoms with E-state index in [2.05, 4.69) is 21.0 Å². The standard InChI is InChI=1S/C15H32NO2/c1-5-6-7-8-9-10-11-12-13-16(2,3)14-15(17)18-4/h5-14H2,1-4H3/q+1.